The minimum absolute atomic E-state index is 0.0115. The Bertz CT molecular complexity index is 756. The van der Waals surface area contributed by atoms with Crippen molar-refractivity contribution in [2.24, 2.45) is 17.8 Å². The summed E-state index contributed by atoms with van der Waals surface area (Å²) in [5.74, 6) is 1.72. The van der Waals surface area contributed by atoms with Crippen LogP contribution in [0.4, 0.5) is 0 Å². The van der Waals surface area contributed by atoms with Crippen molar-refractivity contribution < 1.29 is 9.53 Å². The smallest absolute Gasteiger partial charge is 0.306 e. The Balaban J connectivity index is 1.42. The summed E-state index contributed by atoms with van der Waals surface area (Å²) in [7, 11) is 0. The molecule has 1 N–H and O–H groups in total. The molecule has 3 atom stereocenters. The normalized spacial score (nSPS) is 27.2. The summed E-state index contributed by atoms with van der Waals surface area (Å²) in [6, 6.07) is 11.3. The Kier molecular flexibility index (Phi) is 9.43. The van der Waals surface area contributed by atoms with Gasteiger partial charge in [0.1, 0.15) is 0 Å². The predicted octanol–water partition coefficient (Wildman–Crippen LogP) is 5.73. The number of nitrogens with zero attached hydrogens (tertiary/aromatic N) is 1. The Labute approximate surface area is 201 Å². The fourth-order valence-electron chi connectivity index (χ4n) is 6.47. The van der Waals surface area contributed by atoms with E-state index in [4.69, 9.17) is 4.74 Å². The van der Waals surface area contributed by atoms with Crippen LogP contribution < -0.4 is 5.32 Å². The van der Waals surface area contributed by atoms with Crippen molar-refractivity contribution >= 4 is 5.97 Å². The first-order valence-electron chi connectivity index (χ1n) is 13.6. The van der Waals surface area contributed by atoms with E-state index in [0.717, 1.165) is 44.9 Å². The molecule has 1 aliphatic heterocycles. The number of hydrogen-bond acceptors (Lipinski definition) is 4. The van der Waals surface area contributed by atoms with Crippen molar-refractivity contribution in [2.45, 2.75) is 83.7 Å². The first-order valence-corrected chi connectivity index (χ1v) is 13.6. The van der Waals surface area contributed by atoms with Crippen molar-refractivity contribution in [3.63, 3.8) is 0 Å². The maximum Gasteiger partial charge on any atom is 0.306 e. The quantitative estimate of drug-likeness (QED) is 0.384. The number of hydrogen-bond donors (Lipinski definition) is 1. The maximum absolute atomic E-state index is 12.4. The second-order valence-electron chi connectivity index (χ2n) is 10.5. The third-order valence-electron chi connectivity index (χ3n) is 8.16. The van der Waals surface area contributed by atoms with E-state index in [-0.39, 0.29) is 5.97 Å². The molecule has 182 valence electrons. The Hall–Kier alpha value is -1.65. The van der Waals surface area contributed by atoms with Gasteiger partial charge in [-0.25, -0.2) is 0 Å². The molecule has 0 amide bonds. The van der Waals surface area contributed by atoms with Gasteiger partial charge >= 0.3 is 5.97 Å². The molecular formula is C29H44N2O2. The minimum Gasteiger partial charge on any atom is -0.466 e. The Morgan fingerprint density at radius 2 is 1.88 bits per heavy atom. The van der Waals surface area contributed by atoms with Gasteiger partial charge in [0.2, 0.25) is 0 Å². The van der Waals surface area contributed by atoms with Crippen LogP contribution >= 0.6 is 0 Å². The molecule has 0 radical (unpaired) electrons. The van der Waals surface area contributed by atoms with Crippen LogP contribution in [0, 0.1) is 17.8 Å². The number of carbonyl (C=O) groups excluding carboxylic acids is 1. The molecule has 3 aliphatic rings. The highest BCUT2D eigenvalue weighted by atomic mass is 16.5. The monoisotopic (exact) mass is 452 g/mol. The predicted molar refractivity (Wildman–Crippen MR) is 135 cm³/mol. The molecule has 1 unspecified atom stereocenters. The molecule has 0 spiro atoms. The van der Waals surface area contributed by atoms with Crippen LogP contribution in [0.25, 0.3) is 0 Å². The van der Waals surface area contributed by atoms with E-state index in [0.29, 0.717) is 30.9 Å². The van der Waals surface area contributed by atoms with E-state index in [1.807, 2.05) is 6.92 Å². The summed E-state index contributed by atoms with van der Waals surface area (Å²) in [4.78, 5) is 15.0. The Morgan fingerprint density at radius 3 is 2.61 bits per heavy atom. The minimum atomic E-state index is -0.0115. The number of carbonyl (C=O) groups is 1. The average Bonchev–Trinajstić information content (AvgIpc) is 2.85. The second-order valence-corrected chi connectivity index (χ2v) is 10.5. The standard InChI is InChI=1S/C29H44N2O2/c1-2-33-28(32)20-26-14-9-15-27(30-21-23-10-5-3-6-11-23)29(26)25-16-18-31(19-17-25)22-24-12-7-4-8-13-24/h4,7-8,12-13,16,23,26-27,29-30H,2-3,5-6,9-11,14-15,17-22H2,1H3/t26-,27-,29?/m1/s1. The molecule has 2 saturated carbocycles. The molecular weight excluding hydrogens is 408 g/mol. The number of rotatable bonds is 9. The number of benzene rings is 1. The molecule has 4 nitrogen and oxygen atoms in total. The van der Waals surface area contributed by atoms with Crippen molar-refractivity contribution in [3.8, 4) is 0 Å². The van der Waals surface area contributed by atoms with E-state index >= 15 is 0 Å². The van der Waals surface area contributed by atoms with E-state index in [9.17, 15) is 4.79 Å². The molecule has 2 fully saturated rings. The zero-order chi connectivity index (χ0) is 22.9. The molecule has 0 aromatic heterocycles. The highest BCUT2D eigenvalue weighted by Gasteiger charge is 2.37. The van der Waals surface area contributed by atoms with Crippen LogP contribution in [0.15, 0.2) is 42.0 Å². The summed E-state index contributed by atoms with van der Waals surface area (Å²) in [6.45, 7) is 6.69. The molecule has 0 bridgehead atoms. The number of nitrogens with one attached hydrogen (secondary N) is 1. The third kappa shape index (κ3) is 7.16. The van der Waals surface area contributed by atoms with Gasteiger partial charge in [-0.2, -0.15) is 0 Å². The van der Waals surface area contributed by atoms with E-state index in [1.165, 1.54) is 50.5 Å². The van der Waals surface area contributed by atoms with Crippen LogP contribution in [0.5, 0.6) is 0 Å². The highest BCUT2D eigenvalue weighted by Crippen LogP contribution is 2.40. The van der Waals surface area contributed by atoms with Crippen molar-refractivity contribution in [3.05, 3.63) is 47.5 Å². The maximum atomic E-state index is 12.4. The van der Waals surface area contributed by atoms with Gasteiger partial charge in [0.15, 0.2) is 0 Å². The van der Waals surface area contributed by atoms with Crippen molar-refractivity contribution in [2.75, 3.05) is 26.2 Å². The summed E-state index contributed by atoms with van der Waals surface area (Å²) in [6.07, 6.45) is 14.8. The van der Waals surface area contributed by atoms with Crippen LogP contribution in [0.1, 0.15) is 76.7 Å². The Morgan fingerprint density at radius 1 is 1.06 bits per heavy atom. The molecule has 2 aliphatic carbocycles. The van der Waals surface area contributed by atoms with Gasteiger partial charge in [-0.15, -0.1) is 0 Å². The first kappa shape index (κ1) is 24.5. The molecule has 4 rings (SSSR count). The summed E-state index contributed by atoms with van der Waals surface area (Å²) in [5.41, 5.74) is 2.98. The topological polar surface area (TPSA) is 41.6 Å². The van der Waals surface area contributed by atoms with Crippen LogP contribution in [0.2, 0.25) is 0 Å². The van der Waals surface area contributed by atoms with Crippen LogP contribution in [0.3, 0.4) is 0 Å². The van der Waals surface area contributed by atoms with Gasteiger partial charge in [0, 0.05) is 32.1 Å². The van der Waals surface area contributed by atoms with Gasteiger partial charge in [-0.3, -0.25) is 9.69 Å². The van der Waals surface area contributed by atoms with E-state index < -0.39 is 0 Å². The summed E-state index contributed by atoms with van der Waals surface area (Å²) < 4.78 is 5.37. The van der Waals surface area contributed by atoms with Crippen molar-refractivity contribution in [1.82, 2.24) is 10.2 Å². The van der Waals surface area contributed by atoms with Crippen LogP contribution in [-0.2, 0) is 16.1 Å². The lowest BCUT2D eigenvalue weighted by molar-refractivity contribution is -0.145. The molecule has 4 heteroatoms. The lowest BCUT2D eigenvalue weighted by Gasteiger charge is -2.42. The average molecular weight is 453 g/mol. The van der Waals surface area contributed by atoms with Gasteiger partial charge < -0.3 is 10.1 Å². The van der Waals surface area contributed by atoms with Gasteiger partial charge in [-0.05, 0) is 68.9 Å². The van der Waals surface area contributed by atoms with Gasteiger partial charge in [-0.1, -0.05) is 67.7 Å². The van der Waals surface area contributed by atoms with E-state index in [2.05, 4.69) is 46.6 Å². The molecule has 1 aromatic carbocycles. The zero-order valence-corrected chi connectivity index (χ0v) is 20.6. The third-order valence-corrected chi connectivity index (χ3v) is 8.16. The molecule has 1 heterocycles. The summed E-state index contributed by atoms with van der Waals surface area (Å²) in [5, 5.41) is 4.02. The lowest BCUT2D eigenvalue weighted by Crippen LogP contribution is -2.47. The largest absolute Gasteiger partial charge is 0.466 e. The van der Waals surface area contributed by atoms with Crippen molar-refractivity contribution in [1.29, 1.82) is 0 Å². The van der Waals surface area contributed by atoms with Gasteiger partial charge in [0.25, 0.3) is 0 Å². The molecule has 0 saturated heterocycles. The van der Waals surface area contributed by atoms with E-state index in [1.54, 1.807) is 5.57 Å². The lowest BCUT2D eigenvalue weighted by atomic mass is 9.69. The fraction of sp³-hybridized carbons (Fsp3) is 0.690. The molecule has 33 heavy (non-hydrogen) atoms. The van der Waals surface area contributed by atoms with Crippen LogP contribution in [-0.4, -0.2) is 43.2 Å². The van der Waals surface area contributed by atoms with Gasteiger partial charge in [0.05, 0.1) is 6.61 Å². The summed E-state index contributed by atoms with van der Waals surface area (Å²) >= 11 is 0. The SMILES string of the molecule is CCOC(=O)C[C@H]1CCC[C@@H](NCC2CCCCC2)C1C1=CCN(Cc2ccccc2)CC1. The highest BCUT2D eigenvalue weighted by molar-refractivity contribution is 5.69. The fourth-order valence-corrected chi connectivity index (χ4v) is 6.47. The second kappa shape index (κ2) is 12.7. The molecule has 1 aromatic rings. The first-order chi connectivity index (χ1) is 16.2. The zero-order valence-electron chi connectivity index (χ0n) is 20.6. The number of esters is 1. The number of ether oxygens (including phenoxy) is 1.